The summed E-state index contributed by atoms with van der Waals surface area (Å²) in [5, 5.41) is 5.28. The summed E-state index contributed by atoms with van der Waals surface area (Å²) in [6.07, 6.45) is 1.78. The molecule has 1 atom stereocenters. The van der Waals surface area contributed by atoms with Crippen LogP contribution in [0.5, 0.6) is 0 Å². The van der Waals surface area contributed by atoms with Crippen molar-refractivity contribution in [3.63, 3.8) is 0 Å². The van der Waals surface area contributed by atoms with Crippen LogP contribution < -0.4 is 10.6 Å². The molecule has 0 bridgehead atoms. The van der Waals surface area contributed by atoms with Crippen LogP contribution in [-0.4, -0.2) is 30.4 Å². The Kier molecular flexibility index (Phi) is 2.60. The van der Waals surface area contributed by atoms with Gasteiger partial charge < -0.3 is 10.6 Å². The number of nitrogens with zero attached hydrogens (tertiary/aromatic N) is 1. The molecule has 1 aromatic rings. The van der Waals surface area contributed by atoms with Crippen LogP contribution in [0.2, 0.25) is 0 Å². The van der Waals surface area contributed by atoms with Crippen molar-refractivity contribution >= 4 is 11.8 Å². The molecule has 1 aromatic heterocycles. The Morgan fingerprint density at radius 2 is 2.38 bits per heavy atom. The minimum atomic E-state index is -0.854. The third-order valence-electron chi connectivity index (χ3n) is 2.87. The lowest BCUT2D eigenvalue weighted by atomic mass is 9.82. The second kappa shape index (κ2) is 3.92. The van der Waals surface area contributed by atoms with Crippen LogP contribution in [0.3, 0.4) is 0 Å². The number of carbonyl (C=O) groups is 2. The first-order valence-corrected chi connectivity index (χ1v) is 5.09. The summed E-state index contributed by atoms with van der Waals surface area (Å²) in [6.45, 7) is 0.308. The van der Waals surface area contributed by atoms with Crippen molar-refractivity contribution in [3.8, 4) is 0 Å². The molecule has 2 amide bonds. The molecule has 0 aliphatic carbocycles. The summed E-state index contributed by atoms with van der Waals surface area (Å²) in [5.74, 6) is -0.293. The van der Waals surface area contributed by atoms with E-state index in [9.17, 15) is 9.59 Å². The molecule has 84 valence electrons. The van der Waals surface area contributed by atoms with Crippen LogP contribution in [0.1, 0.15) is 12.1 Å². The van der Waals surface area contributed by atoms with E-state index in [0.717, 1.165) is 0 Å². The highest BCUT2D eigenvalue weighted by Gasteiger charge is 2.47. The van der Waals surface area contributed by atoms with E-state index in [2.05, 4.69) is 15.6 Å². The highest BCUT2D eigenvalue weighted by molar-refractivity contribution is 5.96. The first kappa shape index (κ1) is 10.6. The minimum absolute atomic E-state index is 0.116. The summed E-state index contributed by atoms with van der Waals surface area (Å²) < 4.78 is 0. The average Bonchev–Trinajstić information content (AvgIpc) is 2.73. The maximum atomic E-state index is 11.9. The fourth-order valence-electron chi connectivity index (χ4n) is 1.99. The van der Waals surface area contributed by atoms with Gasteiger partial charge in [-0.15, -0.1) is 0 Å². The Bertz CT molecular complexity index is 418. The zero-order valence-corrected chi connectivity index (χ0v) is 8.99. The zero-order valence-electron chi connectivity index (χ0n) is 8.99. The minimum Gasteiger partial charge on any atom is -0.358 e. The van der Waals surface area contributed by atoms with Crippen LogP contribution in [0.25, 0.3) is 0 Å². The number of pyridine rings is 1. The first-order chi connectivity index (χ1) is 7.69. The highest BCUT2D eigenvalue weighted by atomic mass is 16.2. The lowest BCUT2D eigenvalue weighted by Crippen LogP contribution is -2.45. The molecule has 1 fully saturated rings. The highest BCUT2D eigenvalue weighted by Crippen LogP contribution is 2.29. The molecule has 2 N–H and O–H groups in total. The molecule has 0 spiro atoms. The van der Waals surface area contributed by atoms with E-state index in [1.54, 1.807) is 25.4 Å². The summed E-state index contributed by atoms with van der Waals surface area (Å²) in [4.78, 5) is 27.5. The van der Waals surface area contributed by atoms with Crippen LogP contribution in [0, 0.1) is 0 Å². The fraction of sp³-hybridized carbons (Fsp3) is 0.364. The predicted octanol–water partition coefficient (Wildman–Crippen LogP) is -0.415. The van der Waals surface area contributed by atoms with Gasteiger partial charge in [-0.05, 0) is 12.1 Å². The zero-order chi connectivity index (χ0) is 11.6. The second-order valence-electron chi connectivity index (χ2n) is 3.83. The quantitative estimate of drug-likeness (QED) is 0.710. The van der Waals surface area contributed by atoms with E-state index in [1.165, 1.54) is 0 Å². The van der Waals surface area contributed by atoms with E-state index in [-0.39, 0.29) is 18.2 Å². The topological polar surface area (TPSA) is 71.1 Å². The molecule has 1 unspecified atom stereocenters. The van der Waals surface area contributed by atoms with E-state index in [4.69, 9.17) is 0 Å². The molecule has 1 aliphatic rings. The van der Waals surface area contributed by atoms with Gasteiger partial charge in [-0.25, -0.2) is 0 Å². The molecule has 2 rings (SSSR count). The largest absolute Gasteiger partial charge is 0.358 e. The number of amides is 2. The fourth-order valence-corrected chi connectivity index (χ4v) is 1.99. The Balaban J connectivity index is 2.44. The van der Waals surface area contributed by atoms with Crippen molar-refractivity contribution in [2.24, 2.45) is 0 Å². The third kappa shape index (κ3) is 1.54. The van der Waals surface area contributed by atoms with E-state index < -0.39 is 5.41 Å². The molecule has 0 saturated carbocycles. The normalized spacial score (nSPS) is 23.9. The predicted molar refractivity (Wildman–Crippen MR) is 57.6 cm³/mol. The van der Waals surface area contributed by atoms with Crippen molar-refractivity contribution in [2.75, 3.05) is 13.6 Å². The van der Waals surface area contributed by atoms with Crippen molar-refractivity contribution < 1.29 is 9.59 Å². The molecule has 0 radical (unpaired) electrons. The standard InChI is InChI=1S/C11H13N3O2/c1-12-10(16)11(6-9(15)14-7-11)8-4-2-3-5-13-8/h2-5H,6-7H2,1H3,(H,12,16)(H,14,15). The number of nitrogens with one attached hydrogen (secondary N) is 2. The molecular formula is C11H13N3O2. The molecule has 1 aliphatic heterocycles. The van der Waals surface area contributed by atoms with Gasteiger partial charge in [0.25, 0.3) is 0 Å². The SMILES string of the molecule is CNC(=O)C1(c2ccccn2)CNC(=O)C1. The first-order valence-electron chi connectivity index (χ1n) is 5.09. The van der Waals surface area contributed by atoms with Crippen molar-refractivity contribution in [1.82, 2.24) is 15.6 Å². The van der Waals surface area contributed by atoms with Crippen LogP contribution in [0.15, 0.2) is 24.4 Å². The van der Waals surface area contributed by atoms with E-state index in [1.807, 2.05) is 6.07 Å². The van der Waals surface area contributed by atoms with Gasteiger partial charge in [0.05, 0.1) is 5.69 Å². The van der Waals surface area contributed by atoms with Gasteiger partial charge in [0, 0.05) is 26.2 Å². The Morgan fingerprint density at radius 3 is 2.88 bits per heavy atom. The van der Waals surface area contributed by atoms with Crippen LogP contribution in [-0.2, 0) is 15.0 Å². The number of hydrogen-bond acceptors (Lipinski definition) is 3. The monoisotopic (exact) mass is 219 g/mol. The smallest absolute Gasteiger partial charge is 0.234 e. The van der Waals surface area contributed by atoms with Gasteiger partial charge in [-0.2, -0.15) is 0 Å². The number of likely N-dealkylation sites (N-methyl/N-ethyl adjacent to an activating group) is 1. The van der Waals surface area contributed by atoms with Gasteiger partial charge in [-0.1, -0.05) is 6.07 Å². The lowest BCUT2D eigenvalue weighted by Gasteiger charge is -2.24. The molecule has 5 heteroatoms. The lowest BCUT2D eigenvalue weighted by molar-refractivity contribution is -0.127. The van der Waals surface area contributed by atoms with Crippen LogP contribution >= 0.6 is 0 Å². The summed E-state index contributed by atoms with van der Waals surface area (Å²) in [7, 11) is 1.57. The number of rotatable bonds is 2. The van der Waals surface area contributed by atoms with Gasteiger partial charge in [0.2, 0.25) is 11.8 Å². The number of aromatic nitrogens is 1. The Labute approximate surface area is 93.3 Å². The maximum absolute atomic E-state index is 11.9. The molecular weight excluding hydrogens is 206 g/mol. The van der Waals surface area contributed by atoms with E-state index >= 15 is 0 Å². The third-order valence-corrected chi connectivity index (χ3v) is 2.87. The molecule has 5 nitrogen and oxygen atoms in total. The van der Waals surface area contributed by atoms with Gasteiger partial charge in [0.1, 0.15) is 5.41 Å². The van der Waals surface area contributed by atoms with Crippen LogP contribution in [0.4, 0.5) is 0 Å². The summed E-state index contributed by atoms with van der Waals surface area (Å²) in [5.41, 5.74) is -0.222. The van der Waals surface area contributed by atoms with Gasteiger partial charge in [0.15, 0.2) is 0 Å². The number of hydrogen-bond donors (Lipinski definition) is 2. The average molecular weight is 219 g/mol. The summed E-state index contributed by atoms with van der Waals surface area (Å²) in [6, 6.07) is 5.37. The molecule has 0 aromatic carbocycles. The van der Waals surface area contributed by atoms with Crippen molar-refractivity contribution in [1.29, 1.82) is 0 Å². The van der Waals surface area contributed by atoms with E-state index in [0.29, 0.717) is 12.2 Å². The molecule has 1 saturated heterocycles. The maximum Gasteiger partial charge on any atom is 0.234 e. The molecule has 2 heterocycles. The molecule has 16 heavy (non-hydrogen) atoms. The Morgan fingerprint density at radius 1 is 1.56 bits per heavy atom. The van der Waals surface area contributed by atoms with Crippen molar-refractivity contribution in [2.45, 2.75) is 11.8 Å². The van der Waals surface area contributed by atoms with Gasteiger partial charge >= 0.3 is 0 Å². The Hall–Kier alpha value is -1.91. The summed E-state index contributed by atoms with van der Waals surface area (Å²) >= 11 is 0. The number of carbonyl (C=O) groups excluding carboxylic acids is 2. The van der Waals surface area contributed by atoms with Gasteiger partial charge in [-0.3, -0.25) is 14.6 Å². The second-order valence-corrected chi connectivity index (χ2v) is 3.83. The van der Waals surface area contributed by atoms with Crippen molar-refractivity contribution in [3.05, 3.63) is 30.1 Å².